The van der Waals surface area contributed by atoms with Crippen molar-refractivity contribution >= 4 is 23.4 Å². The molecule has 0 bridgehead atoms. The summed E-state index contributed by atoms with van der Waals surface area (Å²) in [6.45, 7) is 3.40. The zero-order valence-corrected chi connectivity index (χ0v) is 14.1. The molecule has 0 unspecified atom stereocenters. The number of nitrogens with zero attached hydrogens (tertiary/aromatic N) is 3. The number of benzene rings is 2. The molecule has 1 aromatic heterocycles. The van der Waals surface area contributed by atoms with Crippen LogP contribution in [0.25, 0.3) is 0 Å². The third-order valence-corrected chi connectivity index (χ3v) is 3.90. The van der Waals surface area contributed by atoms with Gasteiger partial charge in [0.1, 0.15) is 0 Å². The third-order valence-electron chi connectivity index (χ3n) is 3.64. The summed E-state index contributed by atoms with van der Waals surface area (Å²) >= 11 is 5.88. The van der Waals surface area contributed by atoms with Crippen molar-refractivity contribution in [3.8, 4) is 0 Å². The van der Waals surface area contributed by atoms with Gasteiger partial charge in [-0.3, -0.25) is 0 Å². The van der Waals surface area contributed by atoms with Crippen LogP contribution in [0.2, 0.25) is 5.02 Å². The molecule has 2 N–H and O–H groups in total. The summed E-state index contributed by atoms with van der Waals surface area (Å²) < 4.78 is 0. The first-order valence-electron chi connectivity index (χ1n) is 7.67. The lowest BCUT2D eigenvalue weighted by Crippen LogP contribution is -2.08. The quantitative estimate of drug-likeness (QED) is 0.709. The Labute approximate surface area is 146 Å². The van der Waals surface area contributed by atoms with E-state index < -0.39 is 0 Å². The minimum atomic E-state index is 0.486. The largest absolute Gasteiger partial charge is 0.365 e. The van der Waals surface area contributed by atoms with Crippen molar-refractivity contribution in [2.24, 2.45) is 0 Å². The van der Waals surface area contributed by atoms with Gasteiger partial charge in [-0.05, 0) is 35.7 Å². The zero-order chi connectivity index (χ0) is 16.8. The van der Waals surface area contributed by atoms with Crippen LogP contribution in [-0.2, 0) is 13.1 Å². The van der Waals surface area contributed by atoms with Crippen molar-refractivity contribution < 1.29 is 0 Å². The Morgan fingerprint density at radius 1 is 0.958 bits per heavy atom. The smallest absolute Gasteiger partial charge is 0.244 e. The molecule has 0 aliphatic carbocycles. The second kappa shape index (κ2) is 7.75. The minimum absolute atomic E-state index is 0.486. The summed E-state index contributed by atoms with van der Waals surface area (Å²) in [5, 5.41) is 15.2. The Morgan fingerprint density at radius 2 is 1.75 bits per heavy atom. The summed E-state index contributed by atoms with van der Waals surface area (Å²) in [4.78, 5) is 4.43. The van der Waals surface area contributed by atoms with E-state index in [1.807, 2.05) is 36.4 Å². The molecule has 0 spiro atoms. The van der Waals surface area contributed by atoms with Gasteiger partial charge in [-0.25, -0.2) is 0 Å². The maximum absolute atomic E-state index is 5.88. The number of halogens is 1. The molecule has 3 aromatic rings. The second-order valence-corrected chi connectivity index (χ2v) is 5.86. The average Bonchev–Trinajstić information content (AvgIpc) is 2.61. The van der Waals surface area contributed by atoms with Crippen LogP contribution in [0.15, 0.2) is 54.7 Å². The van der Waals surface area contributed by atoms with Crippen LogP contribution in [0.1, 0.15) is 16.7 Å². The summed E-state index contributed by atoms with van der Waals surface area (Å²) in [5.74, 6) is 1.17. The van der Waals surface area contributed by atoms with Crippen LogP contribution in [0, 0.1) is 6.92 Å². The van der Waals surface area contributed by atoms with Crippen molar-refractivity contribution in [2.75, 3.05) is 10.6 Å². The van der Waals surface area contributed by atoms with E-state index >= 15 is 0 Å². The van der Waals surface area contributed by atoms with Crippen molar-refractivity contribution in [1.82, 2.24) is 15.2 Å². The Balaban J connectivity index is 1.59. The van der Waals surface area contributed by atoms with E-state index in [1.54, 1.807) is 6.20 Å². The molecule has 24 heavy (non-hydrogen) atoms. The number of rotatable bonds is 6. The van der Waals surface area contributed by atoms with Gasteiger partial charge in [0.15, 0.2) is 5.82 Å². The van der Waals surface area contributed by atoms with Crippen LogP contribution in [0.4, 0.5) is 11.8 Å². The lowest BCUT2D eigenvalue weighted by molar-refractivity contribution is 0.936. The van der Waals surface area contributed by atoms with Crippen molar-refractivity contribution in [1.29, 1.82) is 0 Å². The van der Waals surface area contributed by atoms with Gasteiger partial charge in [-0.1, -0.05) is 48.0 Å². The molecule has 0 saturated heterocycles. The number of aryl methyl sites for hydroxylation is 1. The van der Waals surface area contributed by atoms with Gasteiger partial charge in [0.25, 0.3) is 0 Å². The molecule has 0 atom stereocenters. The van der Waals surface area contributed by atoms with E-state index in [9.17, 15) is 0 Å². The SMILES string of the molecule is Cc1ccccc1CNc1cnnc(NCc2ccc(Cl)cc2)n1. The molecule has 0 radical (unpaired) electrons. The summed E-state index contributed by atoms with van der Waals surface area (Å²) in [5.41, 5.74) is 3.57. The van der Waals surface area contributed by atoms with Crippen molar-refractivity contribution in [3.05, 3.63) is 76.4 Å². The molecule has 5 nitrogen and oxygen atoms in total. The van der Waals surface area contributed by atoms with E-state index in [0.717, 1.165) is 10.6 Å². The maximum atomic E-state index is 5.88. The lowest BCUT2D eigenvalue weighted by atomic mass is 10.1. The fourth-order valence-electron chi connectivity index (χ4n) is 2.24. The van der Waals surface area contributed by atoms with E-state index in [2.05, 4.69) is 44.9 Å². The van der Waals surface area contributed by atoms with E-state index in [4.69, 9.17) is 11.6 Å². The highest BCUT2D eigenvalue weighted by Crippen LogP contribution is 2.12. The molecule has 0 fully saturated rings. The first kappa shape index (κ1) is 16.2. The average molecular weight is 340 g/mol. The highest BCUT2D eigenvalue weighted by Gasteiger charge is 2.02. The summed E-state index contributed by atoms with van der Waals surface area (Å²) in [6.07, 6.45) is 1.62. The van der Waals surface area contributed by atoms with Crippen LogP contribution in [0.5, 0.6) is 0 Å². The predicted molar refractivity (Wildman–Crippen MR) is 97.1 cm³/mol. The van der Waals surface area contributed by atoms with Crippen LogP contribution >= 0.6 is 11.6 Å². The molecule has 6 heteroatoms. The lowest BCUT2D eigenvalue weighted by Gasteiger charge is -2.09. The minimum Gasteiger partial charge on any atom is -0.365 e. The number of nitrogens with one attached hydrogen (secondary N) is 2. The zero-order valence-electron chi connectivity index (χ0n) is 13.3. The molecule has 0 amide bonds. The normalized spacial score (nSPS) is 10.4. The van der Waals surface area contributed by atoms with Crippen molar-refractivity contribution in [2.45, 2.75) is 20.0 Å². The van der Waals surface area contributed by atoms with Gasteiger partial charge in [0.05, 0.1) is 6.20 Å². The van der Waals surface area contributed by atoms with Gasteiger partial charge in [-0.2, -0.15) is 10.1 Å². The highest BCUT2D eigenvalue weighted by atomic mass is 35.5. The fourth-order valence-corrected chi connectivity index (χ4v) is 2.37. The van der Waals surface area contributed by atoms with Crippen LogP contribution in [0.3, 0.4) is 0 Å². The molecule has 0 saturated carbocycles. The molecule has 2 aromatic carbocycles. The molecule has 0 aliphatic rings. The highest BCUT2D eigenvalue weighted by molar-refractivity contribution is 6.30. The van der Waals surface area contributed by atoms with Gasteiger partial charge in [0.2, 0.25) is 5.95 Å². The number of hydrogen-bond acceptors (Lipinski definition) is 5. The molecule has 0 aliphatic heterocycles. The van der Waals surface area contributed by atoms with E-state index in [1.165, 1.54) is 11.1 Å². The van der Waals surface area contributed by atoms with E-state index in [-0.39, 0.29) is 0 Å². The first-order valence-corrected chi connectivity index (χ1v) is 8.05. The van der Waals surface area contributed by atoms with Crippen LogP contribution in [-0.4, -0.2) is 15.2 Å². The van der Waals surface area contributed by atoms with Gasteiger partial charge >= 0.3 is 0 Å². The summed E-state index contributed by atoms with van der Waals surface area (Å²) in [7, 11) is 0. The first-order chi connectivity index (χ1) is 11.7. The second-order valence-electron chi connectivity index (χ2n) is 5.43. The van der Waals surface area contributed by atoms with Gasteiger partial charge in [-0.15, -0.1) is 5.10 Å². The predicted octanol–water partition coefficient (Wildman–Crippen LogP) is 4.06. The maximum Gasteiger partial charge on any atom is 0.244 e. The Morgan fingerprint density at radius 3 is 2.54 bits per heavy atom. The number of hydrogen-bond donors (Lipinski definition) is 2. The molecular formula is C18H18ClN5. The monoisotopic (exact) mass is 339 g/mol. The van der Waals surface area contributed by atoms with Gasteiger partial charge in [0, 0.05) is 18.1 Å². The van der Waals surface area contributed by atoms with Gasteiger partial charge < -0.3 is 10.6 Å². The number of anilines is 2. The van der Waals surface area contributed by atoms with Crippen LogP contribution < -0.4 is 10.6 Å². The Bertz CT molecular complexity index is 805. The van der Waals surface area contributed by atoms with Crippen molar-refractivity contribution in [3.63, 3.8) is 0 Å². The molecular weight excluding hydrogens is 322 g/mol. The standard InChI is InChI=1S/C18H18ClN5/c1-13-4-2-3-5-15(13)11-20-17-12-22-24-18(23-17)21-10-14-6-8-16(19)9-7-14/h2-9,12H,10-11H2,1H3,(H2,20,21,23,24). The molecule has 1 heterocycles. The summed E-state index contributed by atoms with van der Waals surface area (Å²) in [6, 6.07) is 15.9. The number of aromatic nitrogens is 3. The molecule has 3 rings (SSSR count). The third kappa shape index (κ3) is 4.43. The van der Waals surface area contributed by atoms with E-state index in [0.29, 0.717) is 24.9 Å². The fraction of sp³-hybridized carbons (Fsp3) is 0.167. The molecule has 122 valence electrons. The topological polar surface area (TPSA) is 62.7 Å². The Kier molecular flexibility index (Phi) is 5.23. The Hall–Kier alpha value is -2.66.